The Hall–Kier alpha value is -2.61. The molecule has 5 aromatic rings. The summed E-state index contributed by atoms with van der Waals surface area (Å²) >= 11 is 9.66. The molecule has 2 fully saturated rings. The minimum Gasteiger partial charge on any atom is -0.486 e. The van der Waals surface area contributed by atoms with Crippen molar-refractivity contribution in [1.29, 1.82) is 0 Å². The van der Waals surface area contributed by atoms with Crippen LogP contribution in [0.15, 0.2) is 89.3 Å². The summed E-state index contributed by atoms with van der Waals surface area (Å²) in [6.07, 6.45) is 4.52. The van der Waals surface area contributed by atoms with Gasteiger partial charge in [0.1, 0.15) is 18.0 Å². The summed E-state index contributed by atoms with van der Waals surface area (Å²) < 4.78 is 15.4. The van der Waals surface area contributed by atoms with Gasteiger partial charge in [-0.2, -0.15) is 0 Å². The van der Waals surface area contributed by atoms with Gasteiger partial charge in [-0.3, -0.25) is 0 Å². The van der Waals surface area contributed by atoms with Gasteiger partial charge < -0.3 is 14.8 Å². The number of benzene rings is 4. The minimum absolute atomic E-state index is 0.0325. The number of thiazole rings is 1. The number of halogens is 1. The standard InChI is InChI=1S/C33H31ClN2O2S2/c34-25-11-16-30-29(19-25)36-33(40-30)39-17-3-4-21-8-12-26(13-9-21)38-32-28-15-14-27(35-28)31(32)37-20-22-7-10-23-5-1-2-6-24(23)18-22/h1-2,5-13,16,18-19,27-28,31-32,35H,3-4,14-15,17,20H2. The van der Waals surface area contributed by atoms with Crippen LogP contribution in [0.4, 0.5) is 0 Å². The Morgan fingerprint density at radius 2 is 1.68 bits per heavy atom. The van der Waals surface area contributed by atoms with Gasteiger partial charge in [-0.1, -0.05) is 71.9 Å². The van der Waals surface area contributed by atoms with Crippen LogP contribution in [-0.2, 0) is 17.8 Å². The van der Waals surface area contributed by atoms with Gasteiger partial charge in [0.25, 0.3) is 0 Å². The van der Waals surface area contributed by atoms with Crippen LogP contribution in [0.25, 0.3) is 21.0 Å². The predicted molar refractivity (Wildman–Crippen MR) is 167 cm³/mol. The molecule has 4 atom stereocenters. The van der Waals surface area contributed by atoms with Gasteiger partial charge in [-0.05, 0) is 84.0 Å². The average molecular weight is 587 g/mol. The topological polar surface area (TPSA) is 43.4 Å². The van der Waals surface area contributed by atoms with E-state index in [1.54, 1.807) is 11.3 Å². The van der Waals surface area contributed by atoms with E-state index in [2.05, 4.69) is 78.1 Å². The van der Waals surface area contributed by atoms with Crippen LogP contribution in [0, 0.1) is 0 Å². The molecule has 7 rings (SSSR count). The molecule has 2 bridgehead atoms. The maximum atomic E-state index is 6.55. The molecular formula is C33H31ClN2O2S2. The number of ether oxygens (including phenoxy) is 2. The first kappa shape index (κ1) is 26.3. The Kier molecular flexibility index (Phi) is 7.70. The number of rotatable bonds is 10. The minimum atomic E-state index is 0.0325. The molecule has 0 aliphatic carbocycles. The van der Waals surface area contributed by atoms with Crippen LogP contribution < -0.4 is 10.1 Å². The number of fused-ring (bicyclic) bond motifs is 4. The Labute approximate surface area is 248 Å². The summed E-state index contributed by atoms with van der Waals surface area (Å²) in [5.41, 5.74) is 3.53. The Balaban J connectivity index is 0.919. The highest BCUT2D eigenvalue weighted by molar-refractivity contribution is 8.01. The molecule has 7 heteroatoms. The Bertz CT molecular complexity index is 1620. The first-order chi connectivity index (χ1) is 19.7. The fourth-order valence-electron chi connectivity index (χ4n) is 5.93. The lowest BCUT2D eigenvalue weighted by atomic mass is 9.94. The number of aryl methyl sites for hydroxylation is 1. The molecule has 0 amide bonds. The molecule has 1 N–H and O–H groups in total. The third-order valence-corrected chi connectivity index (χ3v) is 10.5. The van der Waals surface area contributed by atoms with E-state index in [1.807, 2.05) is 23.9 Å². The first-order valence-electron chi connectivity index (χ1n) is 14.0. The quantitative estimate of drug-likeness (QED) is 0.132. The summed E-state index contributed by atoms with van der Waals surface area (Å²) in [6.45, 7) is 0.599. The van der Waals surface area contributed by atoms with Gasteiger partial charge in [-0.15, -0.1) is 11.3 Å². The summed E-state index contributed by atoms with van der Waals surface area (Å²) in [4.78, 5) is 4.71. The third-order valence-electron chi connectivity index (χ3n) is 7.95. The molecule has 0 radical (unpaired) electrons. The first-order valence-corrected chi connectivity index (χ1v) is 16.2. The molecule has 2 aliphatic heterocycles. The zero-order valence-corrected chi connectivity index (χ0v) is 24.5. The summed E-state index contributed by atoms with van der Waals surface area (Å²) in [6, 6.07) is 30.3. The predicted octanol–water partition coefficient (Wildman–Crippen LogP) is 8.29. The second kappa shape index (κ2) is 11.7. The maximum absolute atomic E-state index is 6.55. The van der Waals surface area contributed by atoms with Crippen LogP contribution in [0.3, 0.4) is 0 Å². The highest BCUT2D eigenvalue weighted by Gasteiger charge is 2.49. The van der Waals surface area contributed by atoms with E-state index in [-0.39, 0.29) is 12.2 Å². The monoisotopic (exact) mass is 586 g/mol. The smallest absolute Gasteiger partial charge is 0.151 e. The molecule has 4 nitrogen and oxygen atoms in total. The molecular weight excluding hydrogens is 556 g/mol. The lowest BCUT2D eigenvalue weighted by molar-refractivity contribution is -0.0398. The van der Waals surface area contributed by atoms with Gasteiger partial charge in [0, 0.05) is 22.9 Å². The fraction of sp³-hybridized carbons (Fsp3) is 0.303. The number of nitrogens with one attached hydrogen (secondary N) is 1. The van der Waals surface area contributed by atoms with E-state index < -0.39 is 0 Å². The van der Waals surface area contributed by atoms with Gasteiger partial charge in [0.05, 0.1) is 16.8 Å². The van der Waals surface area contributed by atoms with Crippen molar-refractivity contribution >= 4 is 55.7 Å². The molecule has 3 heterocycles. The Morgan fingerprint density at radius 3 is 2.55 bits per heavy atom. The summed E-state index contributed by atoms with van der Waals surface area (Å²) in [7, 11) is 0. The number of aromatic nitrogens is 1. The normalized spacial score (nSPS) is 21.9. The lowest BCUT2D eigenvalue weighted by Crippen LogP contribution is -2.43. The van der Waals surface area contributed by atoms with E-state index in [0.717, 1.165) is 52.1 Å². The van der Waals surface area contributed by atoms with Crippen LogP contribution in [0.1, 0.15) is 30.4 Å². The zero-order chi connectivity index (χ0) is 26.9. The molecule has 2 saturated heterocycles. The number of hydrogen-bond acceptors (Lipinski definition) is 6. The maximum Gasteiger partial charge on any atom is 0.151 e. The van der Waals surface area contributed by atoms with Crippen molar-refractivity contribution in [2.45, 2.75) is 60.9 Å². The largest absolute Gasteiger partial charge is 0.486 e. The van der Waals surface area contributed by atoms with Crippen molar-refractivity contribution < 1.29 is 9.47 Å². The molecule has 4 aromatic carbocycles. The van der Waals surface area contributed by atoms with Crippen molar-refractivity contribution in [3.8, 4) is 5.75 Å². The SMILES string of the molecule is Clc1ccc2sc(SCCCc3ccc(OC4C5CCC(N5)C4OCc4ccc5ccccc5c4)cc3)nc2c1. The van der Waals surface area contributed by atoms with Crippen molar-refractivity contribution in [2.24, 2.45) is 0 Å². The van der Waals surface area contributed by atoms with Crippen LogP contribution in [0.5, 0.6) is 5.75 Å². The molecule has 2 aliphatic rings. The van der Waals surface area contributed by atoms with Gasteiger partial charge in [-0.25, -0.2) is 4.98 Å². The van der Waals surface area contributed by atoms with E-state index in [9.17, 15) is 0 Å². The van der Waals surface area contributed by atoms with Gasteiger partial charge in [0.2, 0.25) is 0 Å². The summed E-state index contributed by atoms with van der Waals surface area (Å²) in [5, 5.41) is 6.97. The van der Waals surface area contributed by atoms with Gasteiger partial charge >= 0.3 is 0 Å². The van der Waals surface area contributed by atoms with E-state index >= 15 is 0 Å². The highest BCUT2D eigenvalue weighted by Crippen LogP contribution is 2.35. The number of nitrogens with zero attached hydrogens (tertiary/aromatic N) is 1. The van der Waals surface area contributed by atoms with Crippen LogP contribution in [0.2, 0.25) is 5.02 Å². The molecule has 40 heavy (non-hydrogen) atoms. The van der Waals surface area contributed by atoms with Gasteiger partial charge in [0.15, 0.2) is 4.34 Å². The van der Waals surface area contributed by atoms with Crippen molar-refractivity contribution in [1.82, 2.24) is 10.3 Å². The average Bonchev–Trinajstić information content (AvgIpc) is 3.70. The molecule has 0 spiro atoms. The second-order valence-corrected chi connectivity index (χ2v) is 13.5. The highest BCUT2D eigenvalue weighted by atomic mass is 35.5. The van der Waals surface area contributed by atoms with Crippen molar-refractivity contribution in [3.63, 3.8) is 0 Å². The van der Waals surface area contributed by atoms with Crippen LogP contribution in [-0.4, -0.2) is 35.0 Å². The molecule has 4 unspecified atom stereocenters. The molecule has 0 saturated carbocycles. The summed E-state index contributed by atoms with van der Waals surface area (Å²) in [5.74, 6) is 1.96. The Morgan fingerprint density at radius 1 is 0.875 bits per heavy atom. The second-order valence-electron chi connectivity index (χ2n) is 10.7. The third kappa shape index (κ3) is 5.74. The van der Waals surface area contributed by atoms with Crippen LogP contribution >= 0.6 is 34.7 Å². The van der Waals surface area contributed by atoms with E-state index in [1.165, 1.54) is 26.6 Å². The molecule has 204 valence electrons. The fourth-order valence-corrected chi connectivity index (χ4v) is 8.15. The lowest BCUT2D eigenvalue weighted by Gasteiger charge is -2.30. The number of thioether (sulfide) groups is 1. The number of hydrogen-bond donors (Lipinski definition) is 1. The van der Waals surface area contributed by atoms with E-state index in [4.69, 9.17) is 26.1 Å². The van der Waals surface area contributed by atoms with Crippen molar-refractivity contribution in [2.75, 3.05) is 5.75 Å². The van der Waals surface area contributed by atoms with Crippen molar-refractivity contribution in [3.05, 3.63) is 101 Å². The van der Waals surface area contributed by atoms with E-state index in [0.29, 0.717) is 18.7 Å². The molecule has 1 aromatic heterocycles. The zero-order valence-electron chi connectivity index (χ0n) is 22.1.